The van der Waals surface area contributed by atoms with Crippen molar-refractivity contribution in [1.82, 2.24) is 9.73 Å². The number of phenolic OH excluding ortho intramolecular Hbond substituents is 1. The molecule has 150 valence electrons. The van der Waals surface area contributed by atoms with Crippen LogP contribution in [0.5, 0.6) is 11.5 Å². The Balaban J connectivity index is 2.01. The number of nitrogens with zero attached hydrogens (tertiary/aromatic N) is 2. The third-order valence-electron chi connectivity index (χ3n) is 3.71. The number of nitrogens with one attached hydrogen (secondary N) is 1. The summed E-state index contributed by atoms with van der Waals surface area (Å²) in [7, 11) is -3.59. The first kappa shape index (κ1) is 21.4. The Morgan fingerprint density at radius 2 is 1.93 bits per heavy atom. The van der Waals surface area contributed by atoms with Crippen LogP contribution in [0, 0.1) is 0 Å². The number of carbonyl (C=O) groups excluding carboxylic acids is 1. The van der Waals surface area contributed by atoms with Crippen molar-refractivity contribution in [2.24, 2.45) is 5.10 Å². The fourth-order valence-corrected chi connectivity index (χ4v) is 3.10. The number of phenols is 1. The van der Waals surface area contributed by atoms with Gasteiger partial charge in [-0.15, -0.1) is 0 Å². The first-order chi connectivity index (χ1) is 13.3. The molecular formula is C19H23N3O5S. The third-order valence-corrected chi connectivity index (χ3v) is 4.91. The highest BCUT2D eigenvalue weighted by atomic mass is 32.2. The second-order valence-corrected chi connectivity index (χ2v) is 7.92. The van der Waals surface area contributed by atoms with Gasteiger partial charge in [-0.2, -0.15) is 9.41 Å². The average Bonchev–Trinajstić information content (AvgIpc) is 2.64. The predicted molar refractivity (Wildman–Crippen MR) is 107 cm³/mol. The van der Waals surface area contributed by atoms with Crippen LogP contribution < -0.4 is 10.2 Å². The monoisotopic (exact) mass is 405 g/mol. The molecule has 0 aliphatic rings. The third kappa shape index (κ3) is 6.36. The van der Waals surface area contributed by atoms with Gasteiger partial charge in [0.1, 0.15) is 0 Å². The van der Waals surface area contributed by atoms with Gasteiger partial charge in [0.2, 0.25) is 10.0 Å². The van der Waals surface area contributed by atoms with Crippen molar-refractivity contribution in [2.75, 3.05) is 19.4 Å². The Labute approximate surface area is 164 Å². The minimum Gasteiger partial charge on any atom is -0.504 e. The van der Waals surface area contributed by atoms with Gasteiger partial charge in [0.05, 0.1) is 25.6 Å². The van der Waals surface area contributed by atoms with Crippen molar-refractivity contribution in [1.29, 1.82) is 0 Å². The van der Waals surface area contributed by atoms with E-state index in [1.165, 1.54) is 6.21 Å². The van der Waals surface area contributed by atoms with Gasteiger partial charge in [-0.25, -0.2) is 13.8 Å². The van der Waals surface area contributed by atoms with Crippen molar-refractivity contribution in [2.45, 2.75) is 13.5 Å². The van der Waals surface area contributed by atoms with Crippen molar-refractivity contribution in [3.05, 3.63) is 59.7 Å². The maximum Gasteiger partial charge on any atom is 0.255 e. The topological polar surface area (TPSA) is 108 Å². The van der Waals surface area contributed by atoms with Crippen LogP contribution in [-0.2, 0) is 21.4 Å². The molecule has 0 bridgehead atoms. The normalized spacial score (nSPS) is 11.7. The molecule has 2 aromatic carbocycles. The molecule has 0 radical (unpaired) electrons. The Kier molecular flexibility index (Phi) is 7.53. The van der Waals surface area contributed by atoms with E-state index in [1.54, 1.807) is 49.4 Å². The summed E-state index contributed by atoms with van der Waals surface area (Å²) in [5, 5.41) is 13.9. The lowest BCUT2D eigenvalue weighted by Crippen LogP contribution is -2.38. The van der Waals surface area contributed by atoms with Crippen LogP contribution in [0.3, 0.4) is 0 Å². The van der Waals surface area contributed by atoms with E-state index in [0.717, 1.165) is 16.1 Å². The SMILES string of the molecule is CCOc1cccc(/C=N\NC(=O)CN(Cc2ccccc2)S(C)(=O)=O)c1O. The van der Waals surface area contributed by atoms with Crippen LogP contribution in [0.15, 0.2) is 53.6 Å². The van der Waals surface area contributed by atoms with Gasteiger partial charge in [-0.1, -0.05) is 36.4 Å². The summed E-state index contributed by atoms with van der Waals surface area (Å²) in [5.41, 5.74) is 3.39. The molecule has 0 saturated heterocycles. The number of hydrogen-bond acceptors (Lipinski definition) is 6. The number of carbonyl (C=O) groups is 1. The standard InChI is InChI=1S/C19H23N3O5S/c1-3-27-17-11-7-10-16(19(17)24)12-20-21-18(23)14-22(28(2,25)26)13-15-8-5-4-6-9-15/h4-12,24H,3,13-14H2,1-2H3,(H,21,23)/b20-12-. The molecular weight excluding hydrogens is 382 g/mol. The van der Waals surface area contributed by atoms with Crippen LogP contribution in [0.2, 0.25) is 0 Å². The molecule has 0 unspecified atom stereocenters. The Morgan fingerprint density at radius 1 is 1.21 bits per heavy atom. The van der Waals surface area contributed by atoms with E-state index in [9.17, 15) is 18.3 Å². The van der Waals surface area contributed by atoms with Crippen LogP contribution in [0.25, 0.3) is 0 Å². The molecule has 0 atom stereocenters. The van der Waals surface area contributed by atoms with E-state index in [-0.39, 0.29) is 18.8 Å². The number of sulfonamides is 1. The first-order valence-corrected chi connectivity index (χ1v) is 10.4. The maximum atomic E-state index is 12.1. The average molecular weight is 405 g/mol. The molecule has 0 fully saturated rings. The molecule has 0 spiro atoms. The van der Waals surface area contributed by atoms with E-state index in [2.05, 4.69) is 10.5 Å². The molecule has 1 amide bonds. The molecule has 0 heterocycles. The maximum absolute atomic E-state index is 12.1. The molecule has 0 aromatic heterocycles. The number of hydrogen-bond donors (Lipinski definition) is 2. The lowest BCUT2D eigenvalue weighted by Gasteiger charge is -2.18. The van der Waals surface area contributed by atoms with E-state index in [0.29, 0.717) is 17.9 Å². The molecule has 2 N–H and O–H groups in total. The summed E-state index contributed by atoms with van der Waals surface area (Å²) in [4.78, 5) is 12.1. The van der Waals surface area contributed by atoms with E-state index < -0.39 is 15.9 Å². The summed E-state index contributed by atoms with van der Waals surface area (Å²) in [6.07, 6.45) is 2.31. The van der Waals surface area contributed by atoms with Crippen LogP contribution in [0.4, 0.5) is 0 Å². The Bertz CT molecular complexity index is 930. The molecule has 9 heteroatoms. The highest BCUT2D eigenvalue weighted by Crippen LogP contribution is 2.28. The second-order valence-electron chi connectivity index (χ2n) is 5.94. The fourth-order valence-electron chi connectivity index (χ4n) is 2.36. The number of ether oxygens (including phenoxy) is 1. The van der Waals surface area contributed by atoms with Crippen molar-refractivity contribution >= 4 is 22.1 Å². The van der Waals surface area contributed by atoms with Crippen molar-refractivity contribution < 1.29 is 23.1 Å². The summed E-state index contributed by atoms with van der Waals surface area (Å²) < 4.78 is 30.3. The quantitative estimate of drug-likeness (QED) is 0.488. The van der Waals surface area contributed by atoms with Gasteiger partial charge in [0, 0.05) is 12.1 Å². The zero-order chi connectivity index (χ0) is 20.6. The zero-order valence-electron chi connectivity index (χ0n) is 15.7. The molecule has 8 nitrogen and oxygen atoms in total. The van der Waals surface area contributed by atoms with Gasteiger partial charge in [0.25, 0.3) is 5.91 Å². The van der Waals surface area contributed by atoms with Gasteiger partial charge in [-0.3, -0.25) is 4.79 Å². The largest absolute Gasteiger partial charge is 0.504 e. The summed E-state index contributed by atoms with van der Waals surface area (Å²) >= 11 is 0. The van der Waals surface area contributed by atoms with Crippen molar-refractivity contribution in [3.63, 3.8) is 0 Å². The minimum atomic E-state index is -3.59. The second kappa shape index (κ2) is 9.86. The summed E-state index contributed by atoms with van der Waals surface area (Å²) in [6, 6.07) is 13.9. The summed E-state index contributed by atoms with van der Waals surface area (Å²) in [6.45, 7) is 1.89. The zero-order valence-corrected chi connectivity index (χ0v) is 16.5. The van der Waals surface area contributed by atoms with Gasteiger partial charge >= 0.3 is 0 Å². The van der Waals surface area contributed by atoms with E-state index in [1.807, 2.05) is 6.07 Å². The molecule has 2 aromatic rings. The summed E-state index contributed by atoms with van der Waals surface area (Å²) in [5.74, 6) is -0.383. The number of aromatic hydroxyl groups is 1. The van der Waals surface area contributed by atoms with Crippen LogP contribution >= 0.6 is 0 Å². The highest BCUT2D eigenvalue weighted by Gasteiger charge is 2.20. The first-order valence-electron chi connectivity index (χ1n) is 8.57. The van der Waals surface area contributed by atoms with Crippen LogP contribution in [0.1, 0.15) is 18.1 Å². The molecule has 28 heavy (non-hydrogen) atoms. The Morgan fingerprint density at radius 3 is 2.57 bits per heavy atom. The van der Waals surface area contributed by atoms with Gasteiger partial charge in [0.15, 0.2) is 11.5 Å². The molecule has 0 saturated carbocycles. The molecule has 0 aliphatic carbocycles. The van der Waals surface area contributed by atoms with Gasteiger partial charge < -0.3 is 9.84 Å². The smallest absolute Gasteiger partial charge is 0.255 e. The van der Waals surface area contributed by atoms with E-state index in [4.69, 9.17) is 4.74 Å². The number of amides is 1. The number of benzene rings is 2. The number of para-hydroxylation sites is 1. The lowest BCUT2D eigenvalue weighted by atomic mass is 10.2. The predicted octanol–water partition coefficient (Wildman–Crippen LogP) is 1.70. The molecule has 0 aliphatic heterocycles. The minimum absolute atomic E-state index is 0.0774. The van der Waals surface area contributed by atoms with Crippen LogP contribution in [-0.4, -0.2) is 49.4 Å². The van der Waals surface area contributed by atoms with E-state index >= 15 is 0 Å². The van der Waals surface area contributed by atoms with Gasteiger partial charge in [-0.05, 0) is 24.6 Å². The lowest BCUT2D eigenvalue weighted by molar-refractivity contribution is -0.121. The van der Waals surface area contributed by atoms with Crippen molar-refractivity contribution in [3.8, 4) is 11.5 Å². The fraction of sp³-hybridized carbons (Fsp3) is 0.263. The number of rotatable bonds is 9. The highest BCUT2D eigenvalue weighted by molar-refractivity contribution is 7.88. The number of hydrazone groups is 1. The Hall–Kier alpha value is -2.91. The molecule has 2 rings (SSSR count).